The van der Waals surface area contributed by atoms with Gasteiger partial charge in [0.15, 0.2) is 0 Å². The molecule has 0 unspecified atom stereocenters. The molecule has 1 aliphatic carbocycles. The van der Waals surface area contributed by atoms with Crippen molar-refractivity contribution >= 4 is 5.78 Å². The van der Waals surface area contributed by atoms with E-state index < -0.39 is 0 Å². The summed E-state index contributed by atoms with van der Waals surface area (Å²) in [4.78, 5) is 11.9. The van der Waals surface area contributed by atoms with E-state index in [2.05, 4.69) is 13.0 Å². The van der Waals surface area contributed by atoms with Gasteiger partial charge in [-0.3, -0.25) is 4.79 Å². The second-order valence-corrected chi connectivity index (χ2v) is 8.21. The molecule has 0 aromatic heterocycles. The van der Waals surface area contributed by atoms with Gasteiger partial charge in [-0.15, -0.1) is 0 Å². The topological polar surface area (TPSA) is 46.5 Å². The van der Waals surface area contributed by atoms with Crippen LogP contribution in [0, 0.1) is 5.92 Å². The van der Waals surface area contributed by atoms with Crippen molar-refractivity contribution in [1.29, 1.82) is 0 Å². The number of hydrogen-bond acceptors (Lipinski definition) is 3. The summed E-state index contributed by atoms with van der Waals surface area (Å²) >= 11 is 0. The van der Waals surface area contributed by atoms with Crippen molar-refractivity contribution in [3.63, 3.8) is 0 Å². The molecule has 3 nitrogen and oxygen atoms in total. The number of aryl methyl sites for hydroxylation is 1. The summed E-state index contributed by atoms with van der Waals surface area (Å²) in [5, 5.41) is 10.6. The van der Waals surface area contributed by atoms with Crippen molar-refractivity contribution in [2.24, 2.45) is 5.92 Å². The predicted molar refractivity (Wildman–Crippen MR) is 105 cm³/mol. The van der Waals surface area contributed by atoms with Gasteiger partial charge in [-0.1, -0.05) is 51.9 Å². The first-order valence-electron chi connectivity index (χ1n) is 10.7. The van der Waals surface area contributed by atoms with Crippen molar-refractivity contribution in [2.45, 2.75) is 89.9 Å². The lowest BCUT2D eigenvalue weighted by Gasteiger charge is -2.36. The molecule has 1 N–H and O–H groups in total. The number of ketones is 1. The number of unbranched alkanes of at least 4 members (excludes halogenated alkanes) is 7. The van der Waals surface area contributed by atoms with Gasteiger partial charge in [0.05, 0.1) is 6.61 Å². The average Bonchev–Trinajstić information content (AvgIpc) is 2.63. The molecule has 0 spiro atoms. The van der Waals surface area contributed by atoms with Crippen molar-refractivity contribution < 1.29 is 14.6 Å². The Bertz CT molecular complexity index is 608. The first-order chi connectivity index (χ1) is 12.7. The van der Waals surface area contributed by atoms with Crippen molar-refractivity contribution in [3.05, 3.63) is 23.3 Å². The van der Waals surface area contributed by atoms with E-state index in [4.69, 9.17) is 4.74 Å². The Morgan fingerprint density at radius 2 is 1.81 bits per heavy atom. The summed E-state index contributed by atoms with van der Waals surface area (Å²) in [6.45, 7) is 2.94. The Morgan fingerprint density at radius 3 is 2.58 bits per heavy atom. The molecule has 1 aromatic carbocycles. The smallest absolute Gasteiger partial charge is 0.133 e. The number of Topliss-reactive ketones (excluding diaryl/α,β-unsaturated/α-hetero) is 1. The molecule has 0 amide bonds. The first-order valence-corrected chi connectivity index (χ1v) is 10.7. The van der Waals surface area contributed by atoms with Crippen molar-refractivity contribution in [1.82, 2.24) is 0 Å². The lowest BCUT2D eigenvalue weighted by molar-refractivity contribution is -0.122. The number of fused-ring (bicyclic) bond motifs is 3. The van der Waals surface area contributed by atoms with E-state index in [0.29, 0.717) is 36.9 Å². The molecule has 26 heavy (non-hydrogen) atoms. The Balaban J connectivity index is 1.52. The highest BCUT2D eigenvalue weighted by Crippen LogP contribution is 2.48. The Labute approximate surface area is 158 Å². The maximum atomic E-state index is 11.9. The number of aromatic hydroxyl groups is 1. The number of phenols is 1. The Kier molecular flexibility index (Phi) is 6.99. The predicted octanol–water partition coefficient (Wildman–Crippen LogP) is 5.92. The van der Waals surface area contributed by atoms with Crippen LogP contribution in [0.4, 0.5) is 0 Å². The number of phenolic OH excluding ortho intramolecular Hbond substituents is 1. The molecule has 3 heteroatoms. The number of carbonyl (C=O) groups is 1. The van der Waals surface area contributed by atoms with Crippen LogP contribution in [0.1, 0.15) is 94.6 Å². The second kappa shape index (κ2) is 9.43. The van der Waals surface area contributed by atoms with Gasteiger partial charge in [-0.2, -0.15) is 0 Å². The van der Waals surface area contributed by atoms with Crippen molar-refractivity contribution in [3.8, 4) is 11.5 Å². The largest absolute Gasteiger partial charge is 0.508 e. The van der Waals surface area contributed by atoms with Crippen LogP contribution in [-0.2, 0) is 11.2 Å². The highest BCUT2D eigenvalue weighted by molar-refractivity contribution is 5.80. The third kappa shape index (κ3) is 4.81. The van der Waals surface area contributed by atoms with Crippen LogP contribution in [0.25, 0.3) is 0 Å². The number of rotatable bonds is 9. The van der Waals surface area contributed by atoms with E-state index in [1.54, 1.807) is 0 Å². The summed E-state index contributed by atoms with van der Waals surface area (Å²) in [5.74, 6) is 2.00. The highest BCUT2D eigenvalue weighted by atomic mass is 16.5. The number of ether oxygens (including phenoxy) is 1. The lowest BCUT2D eigenvalue weighted by Crippen LogP contribution is -2.32. The van der Waals surface area contributed by atoms with Crippen LogP contribution in [0.2, 0.25) is 0 Å². The Hall–Kier alpha value is -1.51. The normalized spacial score (nSPS) is 21.8. The molecule has 0 saturated heterocycles. The highest BCUT2D eigenvalue weighted by Gasteiger charge is 2.37. The average molecular weight is 359 g/mol. The van der Waals surface area contributed by atoms with Crippen molar-refractivity contribution in [2.75, 3.05) is 6.61 Å². The standard InChI is InChI=1S/C23H34O3/c1-2-3-4-5-6-7-8-9-10-17-13-21(25)23-20-15-19(24)12-11-18(20)16-26-22(23)14-17/h13-14,18,20,25H,2-12,15-16H2,1H3/t18-,20-/m1/s1. The summed E-state index contributed by atoms with van der Waals surface area (Å²) in [6, 6.07) is 4.01. The molecule has 0 bridgehead atoms. The SMILES string of the molecule is CCCCCCCCCCc1cc(O)c2c(c1)OC[C@H]1CCC(=O)C[C@@H]21. The molecule has 2 aliphatic rings. The van der Waals surface area contributed by atoms with E-state index in [1.165, 1.54) is 44.9 Å². The minimum absolute atomic E-state index is 0.150. The quantitative estimate of drug-likeness (QED) is 0.557. The zero-order chi connectivity index (χ0) is 18.4. The summed E-state index contributed by atoms with van der Waals surface area (Å²) in [7, 11) is 0. The van der Waals surface area contributed by atoms with E-state index in [-0.39, 0.29) is 5.92 Å². The third-order valence-electron chi connectivity index (χ3n) is 6.13. The van der Waals surface area contributed by atoms with Crippen LogP contribution in [0.5, 0.6) is 11.5 Å². The van der Waals surface area contributed by atoms with Gasteiger partial charge in [-0.25, -0.2) is 0 Å². The lowest BCUT2D eigenvalue weighted by atomic mass is 9.73. The molecular formula is C23H34O3. The van der Waals surface area contributed by atoms with Gasteiger partial charge in [-0.05, 0) is 37.0 Å². The third-order valence-corrected chi connectivity index (χ3v) is 6.13. The summed E-state index contributed by atoms with van der Waals surface area (Å²) in [5.41, 5.74) is 2.04. The minimum Gasteiger partial charge on any atom is -0.508 e. The van der Waals surface area contributed by atoms with Crippen LogP contribution in [0.15, 0.2) is 12.1 Å². The molecule has 1 fully saturated rings. The van der Waals surface area contributed by atoms with Gasteiger partial charge in [0.2, 0.25) is 0 Å². The number of carbonyl (C=O) groups excluding carboxylic acids is 1. The van der Waals surface area contributed by atoms with Gasteiger partial charge in [0.25, 0.3) is 0 Å². The van der Waals surface area contributed by atoms with Gasteiger partial charge < -0.3 is 9.84 Å². The van der Waals surface area contributed by atoms with Crippen LogP contribution in [0.3, 0.4) is 0 Å². The molecular weight excluding hydrogens is 324 g/mol. The molecule has 0 radical (unpaired) electrons. The van der Waals surface area contributed by atoms with Crippen LogP contribution < -0.4 is 4.74 Å². The second-order valence-electron chi connectivity index (χ2n) is 8.21. The summed E-state index contributed by atoms with van der Waals surface area (Å²) < 4.78 is 5.96. The fraction of sp³-hybridized carbons (Fsp3) is 0.696. The fourth-order valence-electron chi connectivity index (χ4n) is 4.56. The fourth-order valence-corrected chi connectivity index (χ4v) is 4.56. The molecule has 1 aromatic rings. The maximum absolute atomic E-state index is 11.9. The van der Waals surface area contributed by atoms with Crippen LogP contribution in [-0.4, -0.2) is 17.5 Å². The molecule has 144 valence electrons. The number of benzene rings is 1. The monoisotopic (exact) mass is 358 g/mol. The Morgan fingerprint density at radius 1 is 1.08 bits per heavy atom. The first kappa shape index (κ1) is 19.3. The zero-order valence-electron chi connectivity index (χ0n) is 16.3. The van der Waals surface area contributed by atoms with E-state index in [1.807, 2.05) is 6.07 Å². The zero-order valence-corrected chi connectivity index (χ0v) is 16.3. The van der Waals surface area contributed by atoms with E-state index in [9.17, 15) is 9.90 Å². The van der Waals surface area contributed by atoms with E-state index >= 15 is 0 Å². The number of hydrogen-bond donors (Lipinski definition) is 1. The molecule has 1 heterocycles. The van der Waals surface area contributed by atoms with E-state index in [0.717, 1.165) is 36.1 Å². The molecule has 1 aliphatic heterocycles. The van der Waals surface area contributed by atoms with Gasteiger partial charge >= 0.3 is 0 Å². The van der Waals surface area contributed by atoms with Gasteiger partial charge in [0.1, 0.15) is 17.3 Å². The minimum atomic E-state index is 0.150. The molecule has 3 rings (SSSR count). The van der Waals surface area contributed by atoms with Crippen LogP contribution >= 0.6 is 0 Å². The maximum Gasteiger partial charge on any atom is 0.133 e. The summed E-state index contributed by atoms with van der Waals surface area (Å²) in [6.07, 6.45) is 13.6. The molecule has 1 saturated carbocycles. The molecule has 2 atom stereocenters. The van der Waals surface area contributed by atoms with Gasteiger partial charge in [0, 0.05) is 30.2 Å².